The fourth-order valence-corrected chi connectivity index (χ4v) is 3.01. The highest BCUT2D eigenvalue weighted by molar-refractivity contribution is 4.82. The zero-order valence-corrected chi connectivity index (χ0v) is 12.7. The first-order valence-corrected chi connectivity index (χ1v) is 7.56. The summed E-state index contributed by atoms with van der Waals surface area (Å²) in [4.78, 5) is 2.34. The molecule has 2 unspecified atom stereocenters. The lowest BCUT2D eigenvalue weighted by atomic mass is 9.78. The minimum atomic E-state index is 0.745. The van der Waals surface area contributed by atoms with Crippen LogP contribution in [0, 0.1) is 11.8 Å². The third kappa shape index (κ3) is 5.68. The van der Waals surface area contributed by atoms with Crippen LogP contribution in [0.3, 0.4) is 0 Å². The molecule has 0 aliphatic heterocycles. The standard InChI is InChI=1S/C15H32N2O/c1-13(2)14-7-5-6-8-15(14)16-9-10-17(3)11-12-18-4/h13-16H,5-12H2,1-4H3. The van der Waals surface area contributed by atoms with Crippen molar-refractivity contribution in [1.29, 1.82) is 0 Å². The third-order valence-corrected chi connectivity index (χ3v) is 4.25. The van der Waals surface area contributed by atoms with E-state index in [2.05, 4.69) is 31.1 Å². The van der Waals surface area contributed by atoms with Crippen LogP contribution in [-0.4, -0.2) is 51.3 Å². The molecule has 1 aliphatic carbocycles. The van der Waals surface area contributed by atoms with Crippen molar-refractivity contribution in [3.63, 3.8) is 0 Å². The highest BCUT2D eigenvalue weighted by Crippen LogP contribution is 2.29. The van der Waals surface area contributed by atoms with Gasteiger partial charge in [0.2, 0.25) is 0 Å². The van der Waals surface area contributed by atoms with Crippen LogP contribution in [0.15, 0.2) is 0 Å². The number of nitrogens with one attached hydrogen (secondary N) is 1. The molecule has 0 bridgehead atoms. The monoisotopic (exact) mass is 256 g/mol. The number of hydrogen-bond acceptors (Lipinski definition) is 3. The Bertz CT molecular complexity index is 209. The van der Waals surface area contributed by atoms with Gasteiger partial charge < -0.3 is 15.0 Å². The summed E-state index contributed by atoms with van der Waals surface area (Å²) in [5.41, 5.74) is 0. The second-order valence-electron chi connectivity index (χ2n) is 6.05. The first-order valence-electron chi connectivity index (χ1n) is 7.56. The Morgan fingerprint density at radius 2 is 1.94 bits per heavy atom. The van der Waals surface area contributed by atoms with Crippen LogP contribution in [0.2, 0.25) is 0 Å². The van der Waals surface area contributed by atoms with Gasteiger partial charge in [-0.3, -0.25) is 0 Å². The summed E-state index contributed by atoms with van der Waals surface area (Å²) in [6.07, 6.45) is 5.61. The molecule has 0 aromatic rings. The van der Waals surface area contributed by atoms with E-state index in [-0.39, 0.29) is 0 Å². The average Bonchev–Trinajstić information content (AvgIpc) is 2.36. The minimum absolute atomic E-state index is 0.745. The lowest BCUT2D eigenvalue weighted by Crippen LogP contribution is -2.43. The molecule has 1 N–H and O–H groups in total. The fraction of sp³-hybridized carbons (Fsp3) is 1.00. The number of hydrogen-bond donors (Lipinski definition) is 1. The topological polar surface area (TPSA) is 24.5 Å². The van der Waals surface area contributed by atoms with Crippen LogP contribution in [0.4, 0.5) is 0 Å². The first-order chi connectivity index (χ1) is 8.65. The van der Waals surface area contributed by atoms with E-state index in [0.29, 0.717) is 0 Å². The molecule has 0 amide bonds. The Kier molecular flexibility index (Phi) is 7.87. The SMILES string of the molecule is COCCN(C)CCNC1CCCCC1C(C)C. The fourth-order valence-electron chi connectivity index (χ4n) is 3.01. The largest absolute Gasteiger partial charge is 0.383 e. The van der Waals surface area contributed by atoms with Crippen molar-refractivity contribution in [2.75, 3.05) is 40.4 Å². The molecule has 1 rings (SSSR count). The van der Waals surface area contributed by atoms with Crippen LogP contribution in [0.1, 0.15) is 39.5 Å². The summed E-state index contributed by atoms with van der Waals surface area (Å²) in [7, 11) is 3.93. The molecule has 0 saturated heterocycles. The van der Waals surface area contributed by atoms with Crippen LogP contribution < -0.4 is 5.32 Å². The highest BCUT2D eigenvalue weighted by atomic mass is 16.5. The molecule has 18 heavy (non-hydrogen) atoms. The van der Waals surface area contributed by atoms with Gasteiger partial charge in [-0.1, -0.05) is 26.7 Å². The number of ether oxygens (including phenoxy) is 1. The van der Waals surface area contributed by atoms with Crippen molar-refractivity contribution in [1.82, 2.24) is 10.2 Å². The van der Waals surface area contributed by atoms with E-state index >= 15 is 0 Å². The summed E-state index contributed by atoms with van der Waals surface area (Å²) in [6.45, 7) is 8.81. The molecule has 3 heteroatoms. The second kappa shape index (κ2) is 8.89. The maximum atomic E-state index is 5.10. The van der Waals surface area contributed by atoms with Crippen LogP contribution >= 0.6 is 0 Å². The van der Waals surface area contributed by atoms with Crippen LogP contribution in [-0.2, 0) is 4.74 Å². The zero-order chi connectivity index (χ0) is 13.4. The molecular formula is C15H32N2O. The minimum Gasteiger partial charge on any atom is -0.383 e. The smallest absolute Gasteiger partial charge is 0.0589 e. The lowest BCUT2D eigenvalue weighted by molar-refractivity contribution is 0.156. The summed E-state index contributed by atoms with van der Waals surface area (Å²) in [5, 5.41) is 3.78. The van der Waals surface area contributed by atoms with Gasteiger partial charge in [-0.15, -0.1) is 0 Å². The Morgan fingerprint density at radius 3 is 2.61 bits per heavy atom. The molecule has 0 spiro atoms. The Hall–Kier alpha value is -0.120. The van der Waals surface area contributed by atoms with E-state index in [9.17, 15) is 0 Å². The predicted octanol–water partition coefficient (Wildman–Crippen LogP) is 2.37. The van der Waals surface area contributed by atoms with Crippen molar-refractivity contribution in [2.24, 2.45) is 11.8 Å². The number of rotatable bonds is 8. The van der Waals surface area contributed by atoms with Crippen LogP contribution in [0.5, 0.6) is 0 Å². The molecule has 1 saturated carbocycles. The zero-order valence-electron chi connectivity index (χ0n) is 12.7. The number of methoxy groups -OCH3 is 1. The quantitative estimate of drug-likeness (QED) is 0.721. The average molecular weight is 256 g/mol. The van der Waals surface area contributed by atoms with E-state index in [1.165, 1.54) is 25.7 Å². The first kappa shape index (κ1) is 15.9. The molecule has 0 radical (unpaired) electrons. The molecule has 2 atom stereocenters. The normalized spacial score (nSPS) is 25.0. The number of likely N-dealkylation sites (N-methyl/N-ethyl adjacent to an activating group) is 1. The Morgan fingerprint density at radius 1 is 1.22 bits per heavy atom. The molecule has 108 valence electrons. The van der Waals surface area contributed by atoms with Gasteiger partial charge in [0.25, 0.3) is 0 Å². The maximum Gasteiger partial charge on any atom is 0.0589 e. The summed E-state index contributed by atoms with van der Waals surface area (Å²) in [6, 6.07) is 0.745. The van der Waals surface area contributed by atoms with Gasteiger partial charge in [-0.25, -0.2) is 0 Å². The van der Waals surface area contributed by atoms with E-state index < -0.39 is 0 Å². The van der Waals surface area contributed by atoms with Gasteiger partial charge in [0.15, 0.2) is 0 Å². The van der Waals surface area contributed by atoms with Crippen molar-refractivity contribution in [3.8, 4) is 0 Å². The van der Waals surface area contributed by atoms with Gasteiger partial charge in [-0.05, 0) is 31.7 Å². The van der Waals surface area contributed by atoms with E-state index in [1.807, 2.05) is 0 Å². The van der Waals surface area contributed by atoms with Gasteiger partial charge >= 0.3 is 0 Å². The van der Waals surface area contributed by atoms with Gasteiger partial charge in [0.1, 0.15) is 0 Å². The third-order valence-electron chi connectivity index (χ3n) is 4.25. The summed E-state index contributed by atoms with van der Waals surface area (Å²) >= 11 is 0. The van der Waals surface area contributed by atoms with E-state index in [0.717, 1.165) is 44.1 Å². The molecule has 3 nitrogen and oxygen atoms in total. The molecule has 0 heterocycles. The Balaban J connectivity index is 2.20. The molecule has 0 aromatic carbocycles. The van der Waals surface area contributed by atoms with Crippen molar-refractivity contribution in [2.45, 2.75) is 45.6 Å². The molecular weight excluding hydrogens is 224 g/mol. The maximum absolute atomic E-state index is 5.10. The van der Waals surface area contributed by atoms with Crippen LogP contribution in [0.25, 0.3) is 0 Å². The van der Waals surface area contributed by atoms with Gasteiger partial charge in [0.05, 0.1) is 6.61 Å². The highest BCUT2D eigenvalue weighted by Gasteiger charge is 2.26. The predicted molar refractivity (Wildman–Crippen MR) is 78.0 cm³/mol. The van der Waals surface area contributed by atoms with E-state index in [4.69, 9.17) is 4.74 Å². The van der Waals surface area contributed by atoms with E-state index in [1.54, 1.807) is 7.11 Å². The molecule has 0 aromatic heterocycles. The van der Waals surface area contributed by atoms with Gasteiger partial charge in [0, 0.05) is 32.8 Å². The summed E-state index contributed by atoms with van der Waals surface area (Å²) in [5.74, 6) is 1.69. The summed E-state index contributed by atoms with van der Waals surface area (Å²) < 4.78 is 5.10. The van der Waals surface area contributed by atoms with Crippen molar-refractivity contribution in [3.05, 3.63) is 0 Å². The van der Waals surface area contributed by atoms with Crippen molar-refractivity contribution >= 4 is 0 Å². The van der Waals surface area contributed by atoms with Gasteiger partial charge in [-0.2, -0.15) is 0 Å². The Labute approximate surface area is 113 Å². The molecule has 1 aliphatic rings. The molecule has 1 fully saturated rings. The second-order valence-corrected chi connectivity index (χ2v) is 6.05. The lowest BCUT2D eigenvalue weighted by Gasteiger charge is -2.35. The number of nitrogens with zero attached hydrogens (tertiary/aromatic N) is 1. The van der Waals surface area contributed by atoms with Crippen molar-refractivity contribution < 1.29 is 4.74 Å².